The summed E-state index contributed by atoms with van der Waals surface area (Å²) in [6.45, 7) is 3.87. The maximum absolute atomic E-state index is 4.28. The predicted molar refractivity (Wildman–Crippen MR) is 65.8 cm³/mol. The Morgan fingerprint density at radius 1 is 0.722 bits per heavy atom. The van der Waals surface area contributed by atoms with Crippen molar-refractivity contribution in [3.05, 3.63) is 48.0 Å². The molecular formula is C12H12N6. The largest absolute Gasteiger partial charge is 0.221 e. The highest BCUT2D eigenvalue weighted by molar-refractivity contribution is 5.27. The highest BCUT2D eigenvalue weighted by Gasteiger charge is 2.03. The van der Waals surface area contributed by atoms with Gasteiger partial charge in [-0.3, -0.25) is 0 Å². The molecule has 0 saturated carbocycles. The second-order valence-electron chi connectivity index (χ2n) is 4.05. The summed E-state index contributed by atoms with van der Waals surface area (Å²) in [6, 6.07) is 7.58. The third-order valence-electron chi connectivity index (χ3n) is 2.55. The van der Waals surface area contributed by atoms with Gasteiger partial charge in [-0.15, -0.1) is 10.2 Å². The Morgan fingerprint density at radius 2 is 1.17 bits per heavy atom. The van der Waals surface area contributed by atoms with E-state index in [9.17, 15) is 0 Å². The molecule has 0 radical (unpaired) electrons. The lowest BCUT2D eigenvalue weighted by molar-refractivity contribution is 0.764. The Hall–Kier alpha value is -2.50. The summed E-state index contributed by atoms with van der Waals surface area (Å²) in [6.07, 6.45) is 3.72. The molecule has 0 aliphatic carbocycles. The monoisotopic (exact) mass is 240 g/mol. The summed E-state index contributed by atoms with van der Waals surface area (Å²) in [7, 11) is 0. The van der Waals surface area contributed by atoms with E-state index in [1.54, 1.807) is 9.36 Å². The molecule has 6 nitrogen and oxygen atoms in total. The van der Waals surface area contributed by atoms with Crippen LogP contribution in [0, 0.1) is 13.8 Å². The van der Waals surface area contributed by atoms with Crippen molar-refractivity contribution in [2.45, 2.75) is 13.8 Å². The minimum Gasteiger partial charge on any atom is -0.221 e. The Morgan fingerprint density at radius 3 is 1.44 bits per heavy atom. The van der Waals surface area contributed by atoms with E-state index in [4.69, 9.17) is 0 Å². The first-order valence-corrected chi connectivity index (χ1v) is 5.61. The molecule has 0 aliphatic rings. The molecule has 0 unspecified atom stereocenters. The molecule has 0 N–H and O–H groups in total. The van der Waals surface area contributed by atoms with E-state index < -0.39 is 0 Å². The molecule has 0 fully saturated rings. The van der Waals surface area contributed by atoms with Crippen molar-refractivity contribution >= 4 is 0 Å². The number of nitrogens with zero attached hydrogens (tertiary/aromatic N) is 6. The van der Waals surface area contributed by atoms with E-state index in [1.807, 2.05) is 50.5 Å². The molecule has 0 bridgehead atoms. The second kappa shape index (κ2) is 4.06. The van der Waals surface area contributed by atoms with E-state index in [2.05, 4.69) is 20.4 Å². The van der Waals surface area contributed by atoms with Crippen LogP contribution in [0.2, 0.25) is 0 Å². The minimum absolute atomic E-state index is 0.690. The zero-order valence-electron chi connectivity index (χ0n) is 10.1. The molecule has 0 spiro atoms. The molecule has 3 heterocycles. The van der Waals surface area contributed by atoms with Crippen molar-refractivity contribution in [2.24, 2.45) is 0 Å². The summed E-state index contributed by atoms with van der Waals surface area (Å²) in [5.74, 6) is 1.38. The average Bonchev–Trinajstić information content (AvgIpc) is 2.98. The Bertz CT molecular complexity index is 605. The molecule has 6 heteroatoms. The van der Waals surface area contributed by atoms with Crippen LogP contribution in [0.15, 0.2) is 36.7 Å². The first-order valence-electron chi connectivity index (χ1n) is 5.61. The maximum atomic E-state index is 4.28. The van der Waals surface area contributed by atoms with Gasteiger partial charge in [0.2, 0.25) is 0 Å². The Balaban J connectivity index is 1.94. The lowest BCUT2D eigenvalue weighted by atomic mass is 10.5. The lowest BCUT2D eigenvalue weighted by Gasteiger charge is -2.01. The molecule has 3 aromatic rings. The molecule has 0 saturated heterocycles. The standard InChI is InChI=1S/C12H12N6/c1-9-5-7-17(15-9)11-3-4-12(14-13-11)18-8-6-10(2)16-18/h3-8H,1-2H3. The summed E-state index contributed by atoms with van der Waals surface area (Å²) < 4.78 is 3.39. The minimum atomic E-state index is 0.690. The first-order chi connectivity index (χ1) is 8.72. The van der Waals surface area contributed by atoms with Gasteiger partial charge >= 0.3 is 0 Å². The second-order valence-corrected chi connectivity index (χ2v) is 4.05. The van der Waals surface area contributed by atoms with Crippen molar-refractivity contribution in [3.63, 3.8) is 0 Å². The fourth-order valence-corrected chi connectivity index (χ4v) is 1.65. The molecule has 90 valence electrons. The molecule has 18 heavy (non-hydrogen) atoms. The van der Waals surface area contributed by atoms with Gasteiger partial charge in [-0.2, -0.15) is 10.2 Å². The van der Waals surface area contributed by atoms with Gasteiger partial charge in [0.25, 0.3) is 0 Å². The highest BCUT2D eigenvalue weighted by atomic mass is 15.4. The third-order valence-corrected chi connectivity index (χ3v) is 2.55. The van der Waals surface area contributed by atoms with Gasteiger partial charge < -0.3 is 0 Å². The van der Waals surface area contributed by atoms with Gasteiger partial charge in [0.05, 0.1) is 11.4 Å². The van der Waals surface area contributed by atoms with Crippen molar-refractivity contribution in [1.82, 2.24) is 29.8 Å². The summed E-state index contributed by atoms with van der Waals surface area (Å²) in [5.41, 5.74) is 1.90. The quantitative estimate of drug-likeness (QED) is 0.680. The van der Waals surface area contributed by atoms with E-state index in [0.717, 1.165) is 11.4 Å². The number of hydrogen-bond donors (Lipinski definition) is 0. The van der Waals surface area contributed by atoms with Gasteiger partial charge in [-0.05, 0) is 38.1 Å². The fraction of sp³-hybridized carbons (Fsp3) is 0.167. The molecule has 0 aliphatic heterocycles. The number of aromatic nitrogens is 6. The maximum Gasteiger partial charge on any atom is 0.175 e. The molecule has 0 aromatic carbocycles. The fourth-order valence-electron chi connectivity index (χ4n) is 1.65. The van der Waals surface area contributed by atoms with E-state index in [1.165, 1.54) is 0 Å². The first kappa shape index (κ1) is 10.6. The van der Waals surface area contributed by atoms with Crippen LogP contribution in [0.1, 0.15) is 11.4 Å². The number of aryl methyl sites for hydroxylation is 2. The molecular weight excluding hydrogens is 228 g/mol. The average molecular weight is 240 g/mol. The van der Waals surface area contributed by atoms with Gasteiger partial charge in [0, 0.05) is 12.4 Å². The summed E-state index contributed by atoms with van der Waals surface area (Å²) in [5, 5.41) is 16.8. The van der Waals surface area contributed by atoms with Crippen LogP contribution in [-0.4, -0.2) is 29.8 Å². The smallest absolute Gasteiger partial charge is 0.175 e. The zero-order valence-corrected chi connectivity index (χ0v) is 10.1. The topological polar surface area (TPSA) is 61.4 Å². The van der Waals surface area contributed by atoms with Gasteiger partial charge in [-0.1, -0.05) is 0 Å². The Labute approximate surface area is 104 Å². The van der Waals surface area contributed by atoms with Crippen LogP contribution in [0.5, 0.6) is 0 Å². The van der Waals surface area contributed by atoms with Crippen molar-refractivity contribution in [3.8, 4) is 11.6 Å². The van der Waals surface area contributed by atoms with Crippen LogP contribution >= 0.6 is 0 Å². The molecule has 0 atom stereocenters. The van der Waals surface area contributed by atoms with Gasteiger partial charge in [0.1, 0.15) is 0 Å². The lowest BCUT2D eigenvalue weighted by Crippen LogP contribution is -2.04. The van der Waals surface area contributed by atoms with Crippen molar-refractivity contribution < 1.29 is 0 Å². The zero-order chi connectivity index (χ0) is 12.5. The van der Waals surface area contributed by atoms with Crippen molar-refractivity contribution in [2.75, 3.05) is 0 Å². The van der Waals surface area contributed by atoms with Gasteiger partial charge in [0.15, 0.2) is 11.6 Å². The third kappa shape index (κ3) is 1.88. The van der Waals surface area contributed by atoms with Crippen LogP contribution in [0.25, 0.3) is 11.6 Å². The van der Waals surface area contributed by atoms with E-state index >= 15 is 0 Å². The van der Waals surface area contributed by atoms with Crippen LogP contribution in [0.4, 0.5) is 0 Å². The van der Waals surface area contributed by atoms with Crippen LogP contribution in [-0.2, 0) is 0 Å². The number of rotatable bonds is 2. The van der Waals surface area contributed by atoms with E-state index in [0.29, 0.717) is 11.6 Å². The summed E-state index contributed by atoms with van der Waals surface area (Å²) in [4.78, 5) is 0. The highest BCUT2D eigenvalue weighted by Crippen LogP contribution is 2.07. The Kier molecular flexibility index (Phi) is 2.40. The van der Waals surface area contributed by atoms with Crippen molar-refractivity contribution in [1.29, 1.82) is 0 Å². The number of hydrogen-bond acceptors (Lipinski definition) is 4. The van der Waals surface area contributed by atoms with E-state index in [-0.39, 0.29) is 0 Å². The normalized spacial score (nSPS) is 10.8. The van der Waals surface area contributed by atoms with Crippen LogP contribution in [0.3, 0.4) is 0 Å². The summed E-state index contributed by atoms with van der Waals surface area (Å²) >= 11 is 0. The molecule has 3 rings (SSSR count). The molecule has 3 aromatic heterocycles. The van der Waals surface area contributed by atoms with Crippen LogP contribution < -0.4 is 0 Å². The van der Waals surface area contributed by atoms with Gasteiger partial charge in [-0.25, -0.2) is 9.36 Å². The SMILES string of the molecule is Cc1ccn(-c2ccc(-n3ccc(C)n3)nn2)n1. The molecule has 0 amide bonds. The predicted octanol–water partition coefficient (Wildman–Crippen LogP) is 1.46.